The first-order valence-corrected chi connectivity index (χ1v) is 5.34. The number of hydrogen-bond donors (Lipinski definition) is 1. The van der Waals surface area contributed by atoms with Gasteiger partial charge in [0.25, 0.3) is 0 Å². The van der Waals surface area contributed by atoms with Crippen LogP contribution < -0.4 is 4.90 Å². The number of nitrogens with zero attached hydrogens (tertiary/aromatic N) is 2. The number of aromatic carboxylic acids is 1. The van der Waals surface area contributed by atoms with Crippen LogP contribution in [0.5, 0.6) is 0 Å². The molecule has 0 unspecified atom stereocenters. The number of pyridine rings is 1. The van der Waals surface area contributed by atoms with E-state index in [0.717, 1.165) is 6.20 Å². The maximum atomic E-state index is 12.4. The van der Waals surface area contributed by atoms with Crippen molar-refractivity contribution in [2.24, 2.45) is 0 Å². The van der Waals surface area contributed by atoms with Gasteiger partial charge < -0.3 is 5.11 Å². The van der Waals surface area contributed by atoms with Gasteiger partial charge in [-0.2, -0.15) is 13.2 Å². The summed E-state index contributed by atoms with van der Waals surface area (Å²) in [6.45, 7) is 1.34. The molecule has 1 aromatic heterocycles. The molecule has 1 aliphatic rings. The lowest BCUT2D eigenvalue weighted by molar-refractivity contribution is -0.170. The molecule has 0 aromatic carbocycles. The third-order valence-electron chi connectivity index (χ3n) is 3.00. The quantitative estimate of drug-likeness (QED) is 0.843. The average molecular weight is 274 g/mol. The number of anilines is 1. The number of carboxylic acids is 1. The molecule has 2 rings (SSSR count). The van der Waals surface area contributed by atoms with E-state index in [9.17, 15) is 22.8 Å². The number of carboxylic acid groups (broad SMARTS) is 1. The van der Waals surface area contributed by atoms with Crippen molar-refractivity contribution in [3.63, 3.8) is 0 Å². The summed E-state index contributed by atoms with van der Waals surface area (Å²) >= 11 is 0. The second-order valence-electron chi connectivity index (χ2n) is 4.11. The fourth-order valence-electron chi connectivity index (χ4n) is 2.06. The Labute approximate surface area is 105 Å². The van der Waals surface area contributed by atoms with Gasteiger partial charge in [-0.3, -0.25) is 9.69 Å². The van der Waals surface area contributed by atoms with E-state index in [2.05, 4.69) is 4.98 Å². The molecule has 0 bridgehead atoms. The smallest absolute Gasteiger partial charge is 0.471 e. The molecule has 0 saturated carbocycles. The largest absolute Gasteiger partial charge is 0.478 e. The molecule has 1 N–H and O–H groups in total. The molecule has 102 valence electrons. The van der Waals surface area contributed by atoms with Gasteiger partial charge >= 0.3 is 18.1 Å². The molecule has 8 heteroatoms. The zero-order valence-corrected chi connectivity index (χ0v) is 9.78. The Kier molecular flexibility index (Phi) is 2.95. The molecule has 0 atom stereocenters. The van der Waals surface area contributed by atoms with Crippen molar-refractivity contribution in [3.05, 3.63) is 22.9 Å². The Hall–Kier alpha value is -2.12. The van der Waals surface area contributed by atoms with Crippen LogP contribution in [0.15, 0.2) is 6.20 Å². The molecule has 0 saturated heterocycles. The number of carbonyl (C=O) groups is 2. The average Bonchev–Trinajstić information content (AvgIpc) is 2.71. The van der Waals surface area contributed by atoms with Gasteiger partial charge in [-0.15, -0.1) is 0 Å². The number of halogens is 3. The summed E-state index contributed by atoms with van der Waals surface area (Å²) in [4.78, 5) is 26.3. The predicted molar refractivity (Wildman–Crippen MR) is 58.0 cm³/mol. The number of aromatic nitrogens is 1. The topological polar surface area (TPSA) is 70.5 Å². The highest BCUT2D eigenvalue weighted by Crippen LogP contribution is 2.33. The maximum absolute atomic E-state index is 12.4. The molecular weight excluding hydrogens is 265 g/mol. The number of alkyl halides is 3. The molecule has 0 aliphatic carbocycles. The van der Waals surface area contributed by atoms with E-state index in [0.29, 0.717) is 16.0 Å². The minimum Gasteiger partial charge on any atom is -0.478 e. The lowest BCUT2D eigenvalue weighted by Crippen LogP contribution is -2.40. The first kappa shape index (κ1) is 13.3. The SMILES string of the molecule is Cc1c(C(=O)O)cnc2c1CCN2C(=O)C(F)(F)F. The molecule has 0 spiro atoms. The van der Waals surface area contributed by atoms with Crippen molar-refractivity contribution >= 4 is 17.7 Å². The highest BCUT2D eigenvalue weighted by atomic mass is 19.4. The Morgan fingerprint density at radius 3 is 2.58 bits per heavy atom. The van der Waals surface area contributed by atoms with Gasteiger partial charge in [0.1, 0.15) is 5.82 Å². The normalized spacial score (nSPS) is 14.4. The standard InChI is InChI=1S/C11H9F3N2O3/c1-5-6-2-3-16(10(19)11(12,13)14)8(6)15-4-7(5)9(17)18/h4H,2-3H2,1H3,(H,17,18). The molecule has 1 amide bonds. The molecule has 0 radical (unpaired) electrons. The molecule has 0 fully saturated rings. The van der Waals surface area contributed by atoms with Crippen LogP contribution in [0.2, 0.25) is 0 Å². The van der Waals surface area contributed by atoms with E-state index < -0.39 is 18.1 Å². The van der Waals surface area contributed by atoms with E-state index in [-0.39, 0.29) is 24.3 Å². The van der Waals surface area contributed by atoms with Crippen molar-refractivity contribution in [1.82, 2.24) is 4.98 Å². The monoisotopic (exact) mass is 274 g/mol. The van der Waals surface area contributed by atoms with Gasteiger partial charge in [-0.1, -0.05) is 0 Å². The zero-order chi connectivity index (χ0) is 14.4. The number of rotatable bonds is 1. The van der Waals surface area contributed by atoms with Crippen LogP contribution in [0.1, 0.15) is 21.5 Å². The van der Waals surface area contributed by atoms with E-state index in [1.165, 1.54) is 6.92 Å². The number of carbonyl (C=O) groups excluding carboxylic acids is 1. The lowest BCUT2D eigenvalue weighted by Gasteiger charge is -2.18. The third kappa shape index (κ3) is 2.13. The van der Waals surface area contributed by atoms with Gasteiger partial charge in [0, 0.05) is 18.3 Å². The summed E-state index contributed by atoms with van der Waals surface area (Å²) in [5.74, 6) is -3.29. The van der Waals surface area contributed by atoms with Gasteiger partial charge in [0.05, 0.1) is 5.56 Å². The van der Waals surface area contributed by atoms with Crippen molar-refractivity contribution in [3.8, 4) is 0 Å². The summed E-state index contributed by atoms with van der Waals surface area (Å²) in [6, 6.07) is 0. The third-order valence-corrected chi connectivity index (χ3v) is 3.00. The molecule has 1 aliphatic heterocycles. The van der Waals surface area contributed by atoms with Crippen LogP contribution in [0, 0.1) is 6.92 Å². The van der Waals surface area contributed by atoms with E-state index in [1.54, 1.807) is 0 Å². The Balaban J connectivity index is 2.45. The number of fused-ring (bicyclic) bond motifs is 1. The van der Waals surface area contributed by atoms with Gasteiger partial charge in [0.15, 0.2) is 0 Å². The fraction of sp³-hybridized carbons (Fsp3) is 0.364. The Morgan fingerprint density at radius 1 is 1.42 bits per heavy atom. The van der Waals surface area contributed by atoms with Crippen LogP contribution in [-0.2, 0) is 11.2 Å². The summed E-state index contributed by atoms with van der Waals surface area (Å²) in [5, 5.41) is 8.90. The van der Waals surface area contributed by atoms with Gasteiger partial charge in [0.2, 0.25) is 0 Å². The minimum atomic E-state index is -4.97. The second-order valence-corrected chi connectivity index (χ2v) is 4.11. The highest BCUT2D eigenvalue weighted by Gasteiger charge is 2.45. The first-order chi connectivity index (χ1) is 8.73. The predicted octanol–water partition coefficient (Wildman–Crippen LogP) is 1.54. The van der Waals surface area contributed by atoms with Crippen LogP contribution >= 0.6 is 0 Å². The Bertz CT molecular complexity index is 569. The van der Waals surface area contributed by atoms with Crippen LogP contribution in [0.3, 0.4) is 0 Å². The van der Waals surface area contributed by atoms with Crippen molar-refractivity contribution in [2.45, 2.75) is 19.5 Å². The van der Waals surface area contributed by atoms with Crippen LogP contribution in [-0.4, -0.2) is 34.7 Å². The van der Waals surface area contributed by atoms with Crippen molar-refractivity contribution in [1.29, 1.82) is 0 Å². The van der Waals surface area contributed by atoms with Crippen LogP contribution in [0.4, 0.5) is 19.0 Å². The zero-order valence-electron chi connectivity index (χ0n) is 9.78. The molecule has 19 heavy (non-hydrogen) atoms. The van der Waals surface area contributed by atoms with Gasteiger partial charge in [-0.05, 0) is 18.9 Å². The summed E-state index contributed by atoms with van der Waals surface area (Å²) in [7, 11) is 0. The van der Waals surface area contributed by atoms with E-state index >= 15 is 0 Å². The van der Waals surface area contributed by atoms with E-state index in [1.807, 2.05) is 0 Å². The van der Waals surface area contributed by atoms with Gasteiger partial charge in [-0.25, -0.2) is 9.78 Å². The molecular formula is C11H9F3N2O3. The van der Waals surface area contributed by atoms with Crippen molar-refractivity contribution in [2.75, 3.05) is 11.4 Å². The highest BCUT2D eigenvalue weighted by molar-refractivity contribution is 5.99. The minimum absolute atomic E-state index is 0.0694. The lowest BCUT2D eigenvalue weighted by atomic mass is 10.0. The summed E-state index contributed by atoms with van der Waals surface area (Å²) < 4.78 is 37.2. The first-order valence-electron chi connectivity index (χ1n) is 5.34. The number of amides is 1. The second kappa shape index (κ2) is 4.22. The number of hydrogen-bond acceptors (Lipinski definition) is 3. The molecule has 5 nitrogen and oxygen atoms in total. The Morgan fingerprint density at radius 2 is 2.05 bits per heavy atom. The summed E-state index contributed by atoms with van der Waals surface area (Å²) in [6.07, 6.45) is -3.84. The van der Waals surface area contributed by atoms with Crippen LogP contribution in [0.25, 0.3) is 0 Å². The fourth-order valence-corrected chi connectivity index (χ4v) is 2.06. The van der Waals surface area contributed by atoms with Crippen molar-refractivity contribution < 1.29 is 27.9 Å². The van der Waals surface area contributed by atoms with E-state index in [4.69, 9.17) is 5.11 Å². The summed E-state index contributed by atoms with van der Waals surface area (Å²) in [5.41, 5.74) is 0.646. The molecule has 2 heterocycles. The molecule has 1 aromatic rings. The maximum Gasteiger partial charge on any atom is 0.471 e.